The molecule has 134 valence electrons. The number of nitro groups is 1. The van der Waals surface area contributed by atoms with Crippen LogP contribution in [0.25, 0.3) is 0 Å². The van der Waals surface area contributed by atoms with Crippen molar-refractivity contribution in [2.24, 2.45) is 0 Å². The lowest BCUT2D eigenvalue weighted by Crippen LogP contribution is -2.64. The number of nitro benzene ring substituents is 1. The molecule has 2 fully saturated rings. The molecule has 0 N–H and O–H groups in total. The van der Waals surface area contributed by atoms with Crippen LogP contribution in [0, 0.1) is 10.1 Å². The zero-order valence-corrected chi connectivity index (χ0v) is 16.2. The Hall–Kier alpha value is -1.32. The van der Waals surface area contributed by atoms with Gasteiger partial charge in [-0.2, -0.15) is 0 Å². The highest BCUT2D eigenvalue weighted by Gasteiger charge is 2.64. The number of hydrogen-bond donors (Lipinski definition) is 0. The minimum Gasteiger partial charge on any atom is -0.459 e. The second-order valence-electron chi connectivity index (χ2n) is 6.04. The number of β-lactam (4-membered cyclic amide) rings is 1. The maximum Gasteiger partial charge on any atom is 0.330 e. The average molecular weight is 450 g/mol. The number of esters is 1. The Balaban J connectivity index is 1.69. The molecule has 0 bridgehead atoms. The first kappa shape index (κ1) is 18.5. The second-order valence-corrected chi connectivity index (χ2v) is 8.94. The number of nitrogens with zero attached hydrogens (tertiary/aromatic N) is 2. The van der Waals surface area contributed by atoms with Gasteiger partial charge in [0.25, 0.3) is 5.69 Å². The number of fused-ring (bicyclic) bond motifs is 1. The van der Waals surface area contributed by atoms with Crippen molar-refractivity contribution in [2.75, 3.05) is 5.88 Å². The van der Waals surface area contributed by atoms with Gasteiger partial charge in [-0.25, -0.2) is 4.79 Å². The molecular formula is C15H14BrClN2O5S. The number of hydrogen-bond acceptors (Lipinski definition) is 6. The Bertz CT molecular complexity index is 733. The molecule has 4 atom stereocenters. The smallest absolute Gasteiger partial charge is 0.330 e. The van der Waals surface area contributed by atoms with Gasteiger partial charge in [-0.3, -0.25) is 14.9 Å². The van der Waals surface area contributed by atoms with Crippen LogP contribution in [0.3, 0.4) is 0 Å². The third-order valence-electron chi connectivity index (χ3n) is 4.28. The van der Waals surface area contributed by atoms with E-state index in [2.05, 4.69) is 15.9 Å². The molecule has 0 saturated carbocycles. The summed E-state index contributed by atoms with van der Waals surface area (Å²) in [4.78, 5) is 36.0. The number of amides is 1. The number of alkyl halides is 2. The van der Waals surface area contributed by atoms with Crippen molar-refractivity contribution in [3.8, 4) is 0 Å². The van der Waals surface area contributed by atoms with Crippen molar-refractivity contribution in [1.82, 2.24) is 4.90 Å². The van der Waals surface area contributed by atoms with E-state index in [4.69, 9.17) is 16.3 Å². The van der Waals surface area contributed by atoms with Crippen molar-refractivity contribution in [2.45, 2.75) is 34.5 Å². The first-order chi connectivity index (χ1) is 11.8. The summed E-state index contributed by atoms with van der Waals surface area (Å²) >= 11 is 10.9. The van der Waals surface area contributed by atoms with Gasteiger partial charge in [-0.1, -0.05) is 15.9 Å². The molecular weight excluding hydrogens is 436 g/mol. The van der Waals surface area contributed by atoms with E-state index in [-0.39, 0.29) is 34.3 Å². The quantitative estimate of drug-likeness (QED) is 0.226. The van der Waals surface area contributed by atoms with E-state index in [0.29, 0.717) is 5.56 Å². The van der Waals surface area contributed by atoms with Gasteiger partial charge in [0.2, 0.25) is 5.91 Å². The summed E-state index contributed by atoms with van der Waals surface area (Å²) in [7, 11) is 0. The molecule has 10 heteroatoms. The van der Waals surface area contributed by atoms with Crippen molar-refractivity contribution in [1.29, 1.82) is 0 Å². The van der Waals surface area contributed by atoms with Gasteiger partial charge in [0.15, 0.2) is 0 Å². The third-order valence-corrected chi connectivity index (χ3v) is 7.88. The number of carbonyl (C=O) groups excluding carboxylic acids is 2. The number of benzene rings is 1. The van der Waals surface area contributed by atoms with Crippen LogP contribution >= 0.6 is 39.3 Å². The first-order valence-electron chi connectivity index (χ1n) is 7.38. The predicted octanol–water partition coefficient (Wildman–Crippen LogP) is 2.68. The summed E-state index contributed by atoms with van der Waals surface area (Å²) in [6.45, 7) is 1.81. The minimum atomic E-state index is -0.751. The number of ether oxygens (including phenoxy) is 1. The van der Waals surface area contributed by atoms with Crippen molar-refractivity contribution in [3.05, 3.63) is 39.9 Å². The maximum atomic E-state index is 12.6. The summed E-state index contributed by atoms with van der Waals surface area (Å²) < 4.78 is 4.73. The van der Waals surface area contributed by atoms with Crippen LogP contribution in [0.1, 0.15) is 12.5 Å². The van der Waals surface area contributed by atoms with E-state index in [1.54, 1.807) is 0 Å². The zero-order chi connectivity index (χ0) is 18.4. The number of non-ortho nitro benzene ring substituents is 1. The number of thioether (sulfide) groups is 1. The molecule has 2 heterocycles. The number of rotatable bonds is 5. The van der Waals surface area contributed by atoms with E-state index < -0.39 is 21.7 Å². The Morgan fingerprint density at radius 1 is 1.48 bits per heavy atom. The minimum absolute atomic E-state index is 0.0270. The van der Waals surface area contributed by atoms with Crippen molar-refractivity contribution >= 4 is 56.9 Å². The fourth-order valence-electron chi connectivity index (χ4n) is 2.89. The van der Waals surface area contributed by atoms with Crippen LogP contribution in [0.2, 0.25) is 0 Å². The van der Waals surface area contributed by atoms with E-state index in [1.807, 2.05) is 6.92 Å². The molecule has 25 heavy (non-hydrogen) atoms. The standard InChI is InChI=1S/C15H14BrClN2O5S/c1-15(7-17)11(18-12(20)10(16)13(18)25-15)14(21)24-6-8-2-4-9(5-3-8)19(22)23/h2-5,10-11,13H,6-7H2,1H3/t10-,11?,13-,15-/m0/s1. The summed E-state index contributed by atoms with van der Waals surface area (Å²) in [5.41, 5.74) is 0.594. The van der Waals surface area contributed by atoms with Gasteiger partial charge >= 0.3 is 5.97 Å². The van der Waals surface area contributed by atoms with Gasteiger partial charge in [0.1, 0.15) is 22.8 Å². The molecule has 2 aliphatic rings. The molecule has 2 saturated heterocycles. The van der Waals surface area contributed by atoms with Gasteiger partial charge in [0.05, 0.1) is 9.67 Å². The lowest BCUT2D eigenvalue weighted by molar-refractivity contribution is -0.384. The highest BCUT2D eigenvalue weighted by molar-refractivity contribution is 9.10. The van der Waals surface area contributed by atoms with Crippen LogP contribution in [-0.4, -0.2) is 48.6 Å². The predicted molar refractivity (Wildman–Crippen MR) is 96.7 cm³/mol. The van der Waals surface area contributed by atoms with Gasteiger partial charge in [0, 0.05) is 18.0 Å². The summed E-state index contributed by atoms with van der Waals surface area (Å²) in [5, 5.41) is 10.5. The Kier molecular flexibility index (Phi) is 5.00. The fraction of sp³-hybridized carbons (Fsp3) is 0.467. The summed E-state index contributed by atoms with van der Waals surface area (Å²) in [5.74, 6) is -0.470. The number of halogens is 2. The van der Waals surface area contributed by atoms with Crippen LogP contribution in [0.15, 0.2) is 24.3 Å². The molecule has 1 amide bonds. The first-order valence-corrected chi connectivity index (χ1v) is 9.71. The number of carbonyl (C=O) groups is 2. The summed E-state index contributed by atoms with van der Waals surface area (Å²) in [6.07, 6.45) is 0. The largest absolute Gasteiger partial charge is 0.459 e. The molecule has 0 aliphatic carbocycles. The SMILES string of the molecule is C[C@@]1(CCl)S[C@H]2[C@@H](Br)C(=O)N2C1C(=O)OCc1ccc([N+](=O)[O-])cc1. The topological polar surface area (TPSA) is 89.8 Å². The lowest BCUT2D eigenvalue weighted by atomic mass is 9.98. The molecule has 1 aromatic carbocycles. The lowest BCUT2D eigenvalue weighted by Gasteiger charge is -2.41. The van der Waals surface area contributed by atoms with Crippen molar-refractivity contribution < 1.29 is 19.2 Å². The zero-order valence-electron chi connectivity index (χ0n) is 13.1. The molecule has 0 radical (unpaired) electrons. The van der Waals surface area contributed by atoms with Gasteiger partial charge in [-0.05, 0) is 24.6 Å². The molecule has 0 aromatic heterocycles. The molecule has 2 aliphatic heterocycles. The van der Waals surface area contributed by atoms with E-state index >= 15 is 0 Å². The van der Waals surface area contributed by atoms with E-state index in [0.717, 1.165) is 0 Å². The van der Waals surface area contributed by atoms with Crippen LogP contribution < -0.4 is 0 Å². The monoisotopic (exact) mass is 448 g/mol. The third kappa shape index (κ3) is 3.13. The Labute approximate surface area is 161 Å². The Morgan fingerprint density at radius 3 is 2.68 bits per heavy atom. The average Bonchev–Trinajstić information content (AvgIpc) is 2.90. The fourth-order valence-corrected chi connectivity index (χ4v) is 5.57. The van der Waals surface area contributed by atoms with Crippen LogP contribution in [0.5, 0.6) is 0 Å². The van der Waals surface area contributed by atoms with Gasteiger partial charge < -0.3 is 9.64 Å². The van der Waals surface area contributed by atoms with Crippen molar-refractivity contribution in [3.63, 3.8) is 0 Å². The molecule has 3 rings (SSSR count). The molecule has 1 unspecified atom stereocenters. The normalized spacial score (nSPS) is 30.6. The van der Waals surface area contributed by atoms with E-state index in [1.165, 1.54) is 40.9 Å². The van der Waals surface area contributed by atoms with Crippen LogP contribution in [0.4, 0.5) is 5.69 Å². The molecule has 0 spiro atoms. The summed E-state index contributed by atoms with van der Waals surface area (Å²) in [6, 6.07) is 5.01. The van der Waals surface area contributed by atoms with Gasteiger partial charge in [-0.15, -0.1) is 23.4 Å². The molecule has 7 nitrogen and oxygen atoms in total. The maximum absolute atomic E-state index is 12.6. The molecule has 1 aromatic rings. The second kappa shape index (κ2) is 6.77. The highest BCUT2D eigenvalue weighted by atomic mass is 79.9. The highest BCUT2D eigenvalue weighted by Crippen LogP contribution is 2.53. The Morgan fingerprint density at radius 2 is 2.12 bits per heavy atom. The van der Waals surface area contributed by atoms with E-state index in [9.17, 15) is 19.7 Å². The van der Waals surface area contributed by atoms with Crippen LogP contribution in [-0.2, 0) is 20.9 Å².